The summed E-state index contributed by atoms with van der Waals surface area (Å²) >= 11 is 0. The molecule has 0 spiro atoms. The van der Waals surface area contributed by atoms with Crippen molar-refractivity contribution in [3.8, 4) is 5.75 Å². The fourth-order valence-electron chi connectivity index (χ4n) is 2.97. The first-order chi connectivity index (χ1) is 13.3. The Morgan fingerprint density at radius 2 is 1.64 bits per heavy atom. The molecule has 0 aliphatic carbocycles. The summed E-state index contributed by atoms with van der Waals surface area (Å²) in [4.78, 5) is 12.9. The minimum absolute atomic E-state index is 0.332. The van der Waals surface area contributed by atoms with Gasteiger partial charge in [0.15, 0.2) is 0 Å². The van der Waals surface area contributed by atoms with Gasteiger partial charge in [-0.15, -0.1) is 0 Å². The normalized spacial score (nSPS) is 12.3. The van der Waals surface area contributed by atoms with Gasteiger partial charge in [0.2, 0.25) is 15.9 Å². The Balaban J connectivity index is 2.29. The Bertz CT molecular complexity index is 878. The topological polar surface area (TPSA) is 75.7 Å². The summed E-state index contributed by atoms with van der Waals surface area (Å²) in [6.07, 6.45) is 2.35. The van der Waals surface area contributed by atoms with Gasteiger partial charge in [0.25, 0.3) is 0 Å². The predicted molar refractivity (Wildman–Crippen MR) is 113 cm³/mol. The molecule has 1 N–H and O–H groups in total. The number of rotatable bonds is 9. The van der Waals surface area contributed by atoms with Crippen LogP contribution in [0.25, 0.3) is 0 Å². The molecule has 2 aromatic rings. The van der Waals surface area contributed by atoms with Crippen molar-refractivity contribution in [3.05, 3.63) is 54.1 Å². The minimum atomic E-state index is -3.67. The van der Waals surface area contributed by atoms with Crippen LogP contribution in [0.4, 0.5) is 11.4 Å². The summed E-state index contributed by atoms with van der Waals surface area (Å²) in [5, 5.41) is 2.83. The van der Waals surface area contributed by atoms with Gasteiger partial charge in [-0.2, -0.15) is 0 Å². The van der Waals surface area contributed by atoms with E-state index in [2.05, 4.69) is 12.2 Å². The first kappa shape index (κ1) is 21.8. The van der Waals surface area contributed by atoms with Crippen molar-refractivity contribution in [2.75, 3.05) is 22.5 Å². The van der Waals surface area contributed by atoms with Crippen molar-refractivity contribution in [2.24, 2.45) is 0 Å². The second kappa shape index (κ2) is 9.59. The van der Waals surface area contributed by atoms with Gasteiger partial charge < -0.3 is 10.1 Å². The lowest BCUT2D eigenvalue weighted by molar-refractivity contribution is -0.117. The molecular weight excluding hydrogens is 376 g/mol. The number of carbonyl (C=O) groups is 1. The second-order valence-electron chi connectivity index (χ2n) is 6.45. The molecule has 0 aliphatic rings. The summed E-state index contributed by atoms with van der Waals surface area (Å²) < 4.78 is 31.6. The molecule has 0 fully saturated rings. The summed E-state index contributed by atoms with van der Waals surface area (Å²) in [7, 11) is -3.67. The van der Waals surface area contributed by atoms with Gasteiger partial charge in [0.1, 0.15) is 11.8 Å². The van der Waals surface area contributed by atoms with E-state index in [-0.39, 0.29) is 5.91 Å². The molecule has 0 aromatic heterocycles. The van der Waals surface area contributed by atoms with Gasteiger partial charge in [-0.3, -0.25) is 9.10 Å². The molecule has 0 radical (unpaired) electrons. The van der Waals surface area contributed by atoms with Crippen LogP contribution in [0.1, 0.15) is 32.8 Å². The molecule has 0 saturated heterocycles. The fraction of sp³-hybridized carbons (Fsp3) is 0.381. The molecule has 1 amide bonds. The summed E-state index contributed by atoms with van der Waals surface area (Å²) in [5.41, 5.74) is 2.23. The van der Waals surface area contributed by atoms with Gasteiger partial charge in [0.05, 0.1) is 18.6 Å². The van der Waals surface area contributed by atoms with Crippen LogP contribution in [0.2, 0.25) is 0 Å². The summed E-state index contributed by atoms with van der Waals surface area (Å²) in [6.45, 7) is 6.24. The molecule has 6 nitrogen and oxygen atoms in total. The number of nitrogens with one attached hydrogen (secondary N) is 1. The molecule has 0 saturated carbocycles. The number of anilines is 2. The molecule has 0 bridgehead atoms. The van der Waals surface area contributed by atoms with Gasteiger partial charge in [-0.05, 0) is 61.7 Å². The number of sulfonamides is 1. The first-order valence-corrected chi connectivity index (χ1v) is 11.3. The van der Waals surface area contributed by atoms with Crippen LogP contribution in [0.3, 0.4) is 0 Å². The van der Waals surface area contributed by atoms with Gasteiger partial charge >= 0.3 is 0 Å². The molecule has 1 unspecified atom stereocenters. The maximum Gasteiger partial charge on any atom is 0.248 e. The molecule has 2 aromatic carbocycles. The standard InChI is InChI=1S/C21H28N2O4S/c1-5-16-8-10-17(11-9-16)22-21(24)20(6-2)23(28(4,25)26)18-12-14-19(15-13-18)27-7-3/h8-15,20H,5-7H2,1-4H3,(H,22,24). The van der Waals surface area contributed by atoms with E-state index in [9.17, 15) is 13.2 Å². The van der Waals surface area contributed by atoms with Crippen LogP contribution in [0, 0.1) is 0 Å². The highest BCUT2D eigenvalue weighted by atomic mass is 32.2. The van der Waals surface area contributed by atoms with E-state index in [1.165, 1.54) is 4.31 Å². The van der Waals surface area contributed by atoms with Crippen LogP contribution in [0.15, 0.2) is 48.5 Å². The zero-order valence-corrected chi connectivity index (χ0v) is 17.6. The Kier molecular flexibility index (Phi) is 7.45. The van der Waals surface area contributed by atoms with E-state index in [0.29, 0.717) is 30.2 Å². The van der Waals surface area contributed by atoms with Crippen LogP contribution < -0.4 is 14.4 Å². The Morgan fingerprint density at radius 3 is 2.11 bits per heavy atom. The van der Waals surface area contributed by atoms with Crippen molar-refractivity contribution in [1.82, 2.24) is 0 Å². The van der Waals surface area contributed by atoms with Gasteiger partial charge in [0, 0.05) is 5.69 Å². The van der Waals surface area contributed by atoms with Crippen LogP contribution in [-0.2, 0) is 21.2 Å². The summed E-state index contributed by atoms with van der Waals surface area (Å²) in [6, 6.07) is 13.4. The number of hydrogen-bond donors (Lipinski definition) is 1. The summed E-state index contributed by atoms with van der Waals surface area (Å²) in [5.74, 6) is 0.277. The smallest absolute Gasteiger partial charge is 0.248 e. The van der Waals surface area contributed by atoms with Crippen molar-refractivity contribution in [1.29, 1.82) is 0 Å². The zero-order valence-electron chi connectivity index (χ0n) is 16.8. The molecule has 0 heterocycles. The van der Waals surface area contributed by atoms with Gasteiger partial charge in [-0.25, -0.2) is 8.42 Å². The SMILES string of the molecule is CCOc1ccc(N(C(CC)C(=O)Nc2ccc(CC)cc2)S(C)(=O)=O)cc1. The van der Waals surface area contributed by atoms with E-state index in [4.69, 9.17) is 4.74 Å². The predicted octanol–water partition coefficient (Wildman–Crippen LogP) is 3.83. The van der Waals surface area contributed by atoms with E-state index in [0.717, 1.165) is 18.2 Å². The second-order valence-corrected chi connectivity index (χ2v) is 8.31. The van der Waals surface area contributed by atoms with Crippen molar-refractivity contribution in [2.45, 2.75) is 39.7 Å². The number of ether oxygens (including phenoxy) is 1. The maximum atomic E-state index is 12.9. The third-order valence-corrected chi connectivity index (χ3v) is 5.54. The van der Waals surface area contributed by atoms with E-state index >= 15 is 0 Å². The zero-order chi connectivity index (χ0) is 20.7. The monoisotopic (exact) mass is 404 g/mol. The number of aryl methyl sites for hydroxylation is 1. The van der Waals surface area contributed by atoms with Gasteiger partial charge in [-0.1, -0.05) is 26.0 Å². The quantitative estimate of drug-likeness (QED) is 0.689. The third-order valence-electron chi connectivity index (χ3n) is 4.36. The number of amides is 1. The first-order valence-electron chi connectivity index (χ1n) is 9.42. The molecule has 0 aliphatic heterocycles. The highest BCUT2D eigenvalue weighted by Crippen LogP contribution is 2.26. The lowest BCUT2D eigenvalue weighted by atomic mass is 10.1. The van der Waals surface area contributed by atoms with E-state index in [1.54, 1.807) is 31.2 Å². The van der Waals surface area contributed by atoms with Crippen molar-refractivity contribution < 1.29 is 17.9 Å². The van der Waals surface area contributed by atoms with Crippen molar-refractivity contribution in [3.63, 3.8) is 0 Å². The molecule has 7 heteroatoms. The molecule has 1 atom stereocenters. The Hall–Kier alpha value is -2.54. The number of benzene rings is 2. The highest BCUT2D eigenvalue weighted by Gasteiger charge is 2.31. The van der Waals surface area contributed by atoms with Crippen LogP contribution >= 0.6 is 0 Å². The minimum Gasteiger partial charge on any atom is -0.494 e. The van der Waals surface area contributed by atoms with E-state index in [1.807, 2.05) is 31.2 Å². The van der Waals surface area contributed by atoms with Crippen LogP contribution in [0.5, 0.6) is 5.75 Å². The largest absolute Gasteiger partial charge is 0.494 e. The highest BCUT2D eigenvalue weighted by molar-refractivity contribution is 7.92. The molecule has 28 heavy (non-hydrogen) atoms. The Morgan fingerprint density at radius 1 is 1.04 bits per heavy atom. The third kappa shape index (κ3) is 5.48. The number of hydrogen-bond acceptors (Lipinski definition) is 4. The van der Waals surface area contributed by atoms with Crippen molar-refractivity contribution >= 4 is 27.3 Å². The maximum absolute atomic E-state index is 12.9. The average molecular weight is 405 g/mol. The lowest BCUT2D eigenvalue weighted by Crippen LogP contribution is -2.46. The molecule has 152 valence electrons. The lowest BCUT2D eigenvalue weighted by Gasteiger charge is -2.30. The molecule has 2 rings (SSSR count). The Labute approximate surface area is 167 Å². The fourth-order valence-corrected chi connectivity index (χ4v) is 4.18. The number of carbonyl (C=O) groups excluding carboxylic acids is 1. The average Bonchev–Trinajstić information content (AvgIpc) is 2.66. The van der Waals surface area contributed by atoms with Crippen LogP contribution in [-0.4, -0.2) is 33.2 Å². The van der Waals surface area contributed by atoms with E-state index < -0.39 is 16.1 Å². The number of nitrogens with zero attached hydrogens (tertiary/aromatic N) is 1. The molecular formula is C21H28N2O4S.